The number of fused-ring (bicyclic) bond motifs is 2. The number of allylic oxidation sites excluding steroid dienone is 1. The summed E-state index contributed by atoms with van der Waals surface area (Å²) in [5.74, 6) is -1.35. The molecule has 0 aromatic carbocycles. The van der Waals surface area contributed by atoms with Gasteiger partial charge in [0.05, 0.1) is 34.7 Å². The summed E-state index contributed by atoms with van der Waals surface area (Å²) in [7, 11) is 0. The summed E-state index contributed by atoms with van der Waals surface area (Å²) in [6.07, 6.45) is 4.93. The highest BCUT2D eigenvalue weighted by Crippen LogP contribution is 2.44. The lowest BCUT2D eigenvalue weighted by atomic mass is 9.60. The summed E-state index contributed by atoms with van der Waals surface area (Å²) in [5, 5.41) is 24.6. The minimum atomic E-state index is -1.15. The highest BCUT2D eigenvalue weighted by atomic mass is 32.1. The van der Waals surface area contributed by atoms with Crippen LogP contribution in [0.25, 0.3) is 6.08 Å². The fourth-order valence-corrected chi connectivity index (χ4v) is 5.74. The van der Waals surface area contributed by atoms with Gasteiger partial charge in [0.25, 0.3) is 0 Å². The summed E-state index contributed by atoms with van der Waals surface area (Å²) in [6.45, 7) is 9.40. The molecule has 33 heavy (non-hydrogen) atoms. The zero-order valence-corrected chi connectivity index (χ0v) is 21.2. The Morgan fingerprint density at radius 1 is 1.30 bits per heavy atom. The van der Waals surface area contributed by atoms with Crippen LogP contribution in [0.5, 0.6) is 0 Å². The Labute approximate surface area is 200 Å². The maximum absolute atomic E-state index is 13.1. The second kappa shape index (κ2) is 10.6. The third-order valence-corrected chi connectivity index (χ3v) is 8.17. The molecule has 1 aliphatic heterocycles. The van der Waals surface area contributed by atoms with E-state index in [0.29, 0.717) is 12.8 Å². The molecule has 6 atom stereocenters. The van der Waals surface area contributed by atoms with Crippen LogP contribution in [0, 0.1) is 24.2 Å². The van der Waals surface area contributed by atoms with Crippen LogP contribution in [0.3, 0.4) is 0 Å². The molecule has 1 aromatic rings. The van der Waals surface area contributed by atoms with Crippen LogP contribution in [0.15, 0.2) is 22.6 Å². The number of hydrogen-bond donors (Lipinski definition) is 2. The molecule has 1 saturated carbocycles. The average molecular weight is 476 g/mol. The summed E-state index contributed by atoms with van der Waals surface area (Å²) >= 11 is 1.57. The van der Waals surface area contributed by atoms with Gasteiger partial charge >= 0.3 is 5.97 Å². The number of Topliss-reactive ketones (excluding diaryl/α,β-unsaturated/α-hetero) is 1. The summed E-state index contributed by atoms with van der Waals surface area (Å²) < 4.78 is 5.82. The third-order valence-electron chi connectivity index (χ3n) is 7.37. The van der Waals surface area contributed by atoms with E-state index in [0.717, 1.165) is 35.5 Å². The molecule has 1 aromatic heterocycles. The smallest absolute Gasteiger partial charge is 0.309 e. The number of ketones is 1. The van der Waals surface area contributed by atoms with Crippen molar-refractivity contribution in [2.45, 2.75) is 91.5 Å². The maximum atomic E-state index is 13.1. The number of ether oxygens (including phenoxy) is 1. The SMILES string of the molecule is C/C1=C/C[C@@H](/C(C)=C/c2csc(C)n2)OC(=O)C[C@H](O)[C@@]2(C)C[C@@H](CCC1)[C@@H](O)[C@H](C)C2=O. The van der Waals surface area contributed by atoms with Crippen molar-refractivity contribution in [2.75, 3.05) is 0 Å². The Balaban J connectivity index is 1.87. The molecule has 2 heterocycles. The van der Waals surface area contributed by atoms with Gasteiger partial charge in [-0.25, -0.2) is 4.98 Å². The number of cyclic esters (lactones) is 1. The average Bonchev–Trinajstić information content (AvgIpc) is 3.16. The van der Waals surface area contributed by atoms with E-state index >= 15 is 0 Å². The van der Waals surface area contributed by atoms with Crippen molar-refractivity contribution < 1.29 is 24.5 Å². The van der Waals surface area contributed by atoms with E-state index < -0.39 is 35.6 Å². The quantitative estimate of drug-likeness (QED) is 0.478. The first kappa shape index (κ1) is 25.8. The van der Waals surface area contributed by atoms with Gasteiger partial charge in [-0.3, -0.25) is 9.59 Å². The number of hydrogen-bond acceptors (Lipinski definition) is 7. The van der Waals surface area contributed by atoms with Crippen molar-refractivity contribution >= 4 is 29.2 Å². The molecule has 2 aliphatic rings. The van der Waals surface area contributed by atoms with E-state index in [2.05, 4.69) is 18.0 Å². The van der Waals surface area contributed by atoms with Crippen molar-refractivity contribution in [1.29, 1.82) is 0 Å². The minimum Gasteiger partial charge on any atom is -0.457 e. The highest BCUT2D eigenvalue weighted by Gasteiger charge is 2.51. The van der Waals surface area contributed by atoms with Gasteiger partial charge in [0, 0.05) is 17.7 Å². The van der Waals surface area contributed by atoms with Gasteiger partial charge in [-0.1, -0.05) is 25.5 Å². The molecule has 0 amide bonds. The highest BCUT2D eigenvalue weighted by molar-refractivity contribution is 7.09. The summed E-state index contributed by atoms with van der Waals surface area (Å²) in [4.78, 5) is 30.4. The lowest BCUT2D eigenvalue weighted by Crippen LogP contribution is -2.54. The molecule has 0 spiro atoms. The molecule has 1 aliphatic carbocycles. The summed E-state index contributed by atoms with van der Waals surface area (Å²) in [5.41, 5.74) is 1.86. The van der Waals surface area contributed by atoms with Crippen molar-refractivity contribution in [3.05, 3.63) is 33.3 Å². The van der Waals surface area contributed by atoms with Crippen LogP contribution in [0.1, 0.15) is 76.9 Å². The first-order valence-electron chi connectivity index (χ1n) is 11.9. The largest absolute Gasteiger partial charge is 0.457 e. The van der Waals surface area contributed by atoms with Crippen molar-refractivity contribution in [3.8, 4) is 0 Å². The molecule has 6 nitrogen and oxygen atoms in total. The fraction of sp³-hybridized carbons (Fsp3) is 0.654. The first-order valence-corrected chi connectivity index (χ1v) is 12.7. The second-order valence-corrected chi connectivity index (χ2v) is 11.1. The van der Waals surface area contributed by atoms with Gasteiger partial charge in [0.1, 0.15) is 11.9 Å². The Bertz CT molecular complexity index is 935. The molecule has 3 rings (SSSR count). The number of nitrogens with zero attached hydrogens (tertiary/aromatic N) is 1. The molecule has 182 valence electrons. The van der Waals surface area contributed by atoms with Crippen molar-refractivity contribution in [1.82, 2.24) is 4.98 Å². The molecule has 0 saturated heterocycles. The van der Waals surface area contributed by atoms with Gasteiger partial charge in [0.15, 0.2) is 0 Å². The van der Waals surface area contributed by atoms with Gasteiger partial charge in [0.2, 0.25) is 0 Å². The van der Waals surface area contributed by atoms with Crippen LogP contribution in [0.2, 0.25) is 0 Å². The molecular weight excluding hydrogens is 438 g/mol. The molecule has 7 heteroatoms. The van der Waals surface area contributed by atoms with E-state index in [4.69, 9.17) is 4.74 Å². The summed E-state index contributed by atoms with van der Waals surface area (Å²) in [6, 6.07) is 0. The Kier molecular flexibility index (Phi) is 8.30. The minimum absolute atomic E-state index is 0.0800. The number of rotatable bonds is 2. The van der Waals surface area contributed by atoms with Gasteiger partial charge in [-0.2, -0.15) is 0 Å². The van der Waals surface area contributed by atoms with Crippen LogP contribution in [0.4, 0.5) is 0 Å². The topological polar surface area (TPSA) is 96.7 Å². The fourth-order valence-electron chi connectivity index (χ4n) is 5.17. The van der Waals surface area contributed by atoms with E-state index in [9.17, 15) is 19.8 Å². The second-order valence-electron chi connectivity index (χ2n) is 10.1. The molecule has 0 radical (unpaired) electrons. The van der Waals surface area contributed by atoms with Crippen LogP contribution in [-0.2, 0) is 14.3 Å². The predicted octanol–water partition coefficient (Wildman–Crippen LogP) is 4.63. The van der Waals surface area contributed by atoms with Gasteiger partial charge < -0.3 is 14.9 Å². The van der Waals surface area contributed by atoms with Crippen LogP contribution >= 0.6 is 11.3 Å². The molecular formula is C26H37NO5S. The molecule has 0 unspecified atom stereocenters. The van der Waals surface area contributed by atoms with Gasteiger partial charge in [-0.15, -0.1) is 11.3 Å². The Morgan fingerprint density at radius 2 is 2.03 bits per heavy atom. The van der Waals surface area contributed by atoms with Crippen LogP contribution < -0.4 is 0 Å². The third kappa shape index (κ3) is 6.00. The standard InChI is InChI=1S/C26H37NO5S/c1-15-7-6-8-19-13-26(5,25(31)17(3)24(19)30)22(28)12-23(29)32-21(10-9-15)16(2)11-20-14-33-18(4)27-20/h9,11,14,17,19,21-22,24,28,30H,6-8,10,12-13H2,1-5H3/b15-9-,16-11+/t17-,19+,21-,22-,24-,26+/m0/s1. The number of aliphatic hydroxyl groups is 2. The molecule has 2 bridgehead atoms. The normalized spacial score (nSPS) is 36.5. The maximum Gasteiger partial charge on any atom is 0.309 e. The van der Waals surface area contributed by atoms with Crippen molar-refractivity contribution in [2.24, 2.45) is 17.3 Å². The Morgan fingerprint density at radius 3 is 2.70 bits per heavy atom. The monoisotopic (exact) mass is 475 g/mol. The number of aliphatic hydroxyl groups excluding tert-OH is 2. The molecule has 2 N–H and O–H groups in total. The van der Waals surface area contributed by atoms with Gasteiger partial charge in [-0.05, 0) is 64.0 Å². The number of carbonyl (C=O) groups is 2. The number of aryl methyl sites for hydroxylation is 1. The lowest BCUT2D eigenvalue weighted by Gasteiger charge is -2.45. The number of aromatic nitrogens is 1. The number of esters is 1. The molecule has 1 fully saturated rings. The van der Waals surface area contributed by atoms with Crippen molar-refractivity contribution in [3.63, 3.8) is 0 Å². The lowest BCUT2D eigenvalue weighted by molar-refractivity contribution is -0.161. The zero-order valence-electron chi connectivity index (χ0n) is 20.3. The van der Waals surface area contributed by atoms with E-state index in [1.54, 1.807) is 25.2 Å². The van der Waals surface area contributed by atoms with E-state index in [1.165, 1.54) is 5.57 Å². The number of thiazole rings is 1. The number of carbonyl (C=O) groups excluding carboxylic acids is 2. The van der Waals surface area contributed by atoms with E-state index in [-0.39, 0.29) is 18.1 Å². The first-order chi connectivity index (χ1) is 15.5. The zero-order chi connectivity index (χ0) is 24.3. The van der Waals surface area contributed by atoms with Crippen LogP contribution in [-0.4, -0.2) is 45.3 Å². The Hall–Kier alpha value is -1.83. The predicted molar refractivity (Wildman–Crippen MR) is 130 cm³/mol. The van der Waals surface area contributed by atoms with E-state index in [1.807, 2.05) is 25.3 Å².